The number of nitrogens with zero attached hydrogens (tertiary/aromatic N) is 2. The fourth-order valence-corrected chi connectivity index (χ4v) is 3.09. The number of amides is 1. The van der Waals surface area contributed by atoms with Crippen molar-refractivity contribution in [3.8, 4) is 0 Å². The zero-order valence-electron chi connectivity index (χ0n) is 12.5. The van der Waals surface area contributed by atoms with Crippen LogP contribution in [0.5, 0.6) is 0 Å². The molecule has 0 aliphatic heterocycles. The lowest BCUT2D eigenvalue weighted by atomic mass is 9.78. The Hall–Kier alpha value is -1.97. The molecule has 2 aromatic rings. The number of para-hydroxylation sites is 2. The van der Waals surface area contributed by atoms with Crippen LogP contribution in [0.2, 0.25) is 0 Å². The number of hydrogen-bond acceptors (Lipinski definition) is 3. The molecule has 3 unspecified atom stereocenters. The molecule has 1 aliphatic rings. The summed E-state index contributed by atoms with van der Waals surface area (Å²) in [5.41, 5.74) is 1.98. The van der Waals surface area contributed by atoms with Gasteiger partial charge in [0.05, 0.1) is 17.2 Å². The van der Waals surface area contributed by atoms with Crippen LogP contribution in [0, 0.1) is 11.8 Å². The van der Waals surface area contributed by atoms with Crippen LogP contribution >= 0.6 is 0 Å². The van der Waals surface area contributed by atoms with Crippen molar-refractivity contribution in [2.75, 3.05) is 0 Å². The fourth-order valence-electron chi connectivity index (χ4n) is 3.09. The van der Waals surface area contributed by atoms with Crippen LogP contribution in [0.4, 0.5) is 0 Å². The van der Waals surface area contributed by atoms with Gasteiger partial charge in [-0.15, -0.1) is 0 Å². The normalized spacial score (nSPS) is 25.7. The summed E-state index contributed by atoms with van der Waals surface area (Å²) >= 11 is 0. The highest BCUT2D eigenvalue weighted by Gasteiger charge is 2.28. The molecule has 1 amide bonds. The van der Waals surface area contributed by atoms with Crippen LogP contribution < -0.4 is 5.32 Å². The molecule has 0 radical (unpaired) electrons. The first-order chi connectivity index (χ1) is 10.1. The SMILES string of the molecule is CC1CCCC(NC(=O)c2cnc3ccccc3n2)C1C. The molecule has 1 aromatic heterocycles. The molecule has 4 nitrogen and oxygen atoms in total. The maximum Gasteiger partial charge on any atom is 0.271 e. The third-order valence-electron chi connectivity index (χ3n) is 4.70. The molecule has 1 aromatic carbocycles. The second kappa shape index (κ2) is 5.80. The van der Waals surface area contributed by atoms with E-state index in [9.17, 15) is 4.79 Å². The molecular weight excluding hydrogens is 262 g/mol. The summed E-state index contributed by atoms with van der Waals surface area (Å²) in [7, 11) is 0. The van der Waals surface area contributed by atoms with E-state index >= 15 is 0 Å². The minimum atomic E-state index is -0.112. The molecule has 0 saturated heterocycles. The van der Waals surface area contributed by atoms with E-state index in [0.29, 0.717) is 17.5 Å². The molecule has 21 heavy (non-hydrogen) atoms. The number of hydrogen-bond donors (Lipinski definition) is 1. The van der Waals surface area contributed by atoms with Crippen molar-refractivity contribution >= 4 is 16.9 Å². The summed E-state index contributed by atoms with van der Waals surface area (Å²) in [5.74, 6) is 1.06. The van der Waals surface area contributed by atoms with Crippen molar-refractivity contribution in [2.24, 2.45) is 11.8 Å². The lowest BCUT2D eigenvalue weighted by Gasteiger charge is -2.34. The maximum absolute atomic E-state index is 12.4. The minimum Gasteiger partial charge on any atom is -0.348 e. The minimum absolute atomic E-state index is 0.112. The number of benzene rings is 1. The number of rotatable bonds is 2. The van der Waals surface area contributed by atoms with Gasteiger partial charge in [-0.25, -0.2) is 4.98 Å². The van der Waals surface area contributed by atoms with Crippen LogP contribution in [-0.2, 0) is 0 Å². The van der Waals surface area contributed by atoms with Gasteiger partial charge in [0.15, 0.2) is 0 Å². The van der Waals surface area contributed by atoms with Crippen LogP contribution in [0.3, 0.4) is 0 Å². The molecule has 1 aliphatic carbocycles. The molecule has 4 heteroatoms. The van der Waals surface area contributed by atoms with E-state index in [1.165, 1.54) is 12.8 Å². The monoisotopic (exact) mass is 283 g/mol. The smallest absolute Gasteiger partial charge is 0.271 e. The van der Waals surface area contributed by atoms with Gasteiger partial charge < -0.3 is 5.32 Å². The van der Waals surface area contributed by atoms with Crippen LogP contribution in [-0.4, -0.2) is 21.9 Å². The first-order valence-electron chi connectivity index (χ1n) is 7.68. The van der Waals surface area contributed by atoms with E-state index in [-0.39, 0.29) is 11.9 Å². The van der Waals surface area contributed by atoms with Crippen LogP contribution in [0.15, 0.2) is 30.5 Å². The Kier molecular flexibility index (Phi) is 3.86. The summed E-state index contributed by atoms with van der Waals surface area (Å²) in [6, 6.07) is 7.85. The number of nitrogens with one attached hydrogen (secondary N) is 1. The van der Waals surface area contributed by atoms with E-state index in [0.717, 1.165) is 17.5 Å². The van der Waals surface area contributed by atoms with Crippen LogP contribution in [0.25, 0.3) is 11.0 Å². The topological polar surface area (TPSA) is 54.9 Å². The highest BCUT2D eigenvalue weighted by molar-refractivity contribution is 5.93. The molecule has 1 fully saturated rings. The maximum atomic E-state index is 12.4. The number of fused-ring (bicyclic) bond motifs is 1. The summed E-state index contributed by atoms with van der Waals surface area (Å²) < 4.78 is 0. The second-order valence-corrected chi connectivity index (χ2v) is 6.09. The third-order valence-corrected chi connectivity index (χ3v) is 4.70. The highest BCUT2D eigenvalue weighted by Crippen LogP contribution is 2.29. The van der Waals surface area contributed by atoms with Crippen molar-refractivity contribution < 1.29 is 4.79 Å². The standard InChI is InChI=1S/C17H21N3O/c1-11-6-5-9-13(12(11)2)20-17(21)16-10-18-14-7-3-4-8-15(14)19-16/h3-4,7-8,10-13H,5-6,9H2,1-2H3,(H,20,21). The van der Waals surface area contributed by atoms with Crippen molar-refractivity contribution in [3.63, 3.8) is 0 Å². The molecule has 3 atom stereocenters. The second-order valence-electron chi connectivity index (χ2n) is 6.09. The average molecular weight is 283 g/mol. The molecule has 110 valence electrons. The predicted molar refractivity (Wildman–Crippen MR) is 83.0 cm³/mol. The van der Waals surface area contributed by atoms with E-state index in [2.05, 4.69) is 29.1 Å². The van der Waals surface area contributed by atoms with Gasteiger partial charge in [-0.2, -0.15) is 0 Å². The lowest BCUT2D eigenvalue weighted by Crippen LogP contribution is -2.43. The molecule has 3 rings (SSSR count). The highest BCUT2D eigenvalue weighted by atomic mass is 16.1. The van der Waals surface area contributed by atoms with E-state index in [1.54, 1.807) is 6.20 Å². The number of carbonyl (C=O) groups excluding carboxylic acids is 1. The Bertz CT molecular complexity index is 655. The molecular formula is C17H21N3O. The first kappa shape index (κ1) is 14.0. The Morgan fingerprint density at radius 3 is 2.76 bits per heavy atom. The summed E-state index contributed by atoms with van der Waals surface area (Å²) in [5, 5.41) is 3.14. The van der Waals surface area contributed by atoms with E-state index < -0.39 is 0 Å². The molecule has 0 spiro atoms. The van der Waals surface area contributed by atoms with Gasteiger partial charge in [0.25, 0.3) is 5.91 Å². The Morgan fingerprint density at radius 2 is 1.95 bits per heavy atom. The zero-order valence-corrected chi connectivity index (χ0v) is 12.5. The lowest BCUT2D eigenvalue weighted by molar-refractivity contribution is 0.0886. The number of aromatic nitrogens is 2. The van der Waals surface area contributed by atoms with Gasteiger partial charge in [0.1, 0.15) is 5.69 Å². The van der Waals surface area contributed by atoms with Crippen molar-refractivity contribution in [1.29, 1.82) is 0 Å². The third kappa shape index (κ3) is 2.89. The summed E-state index contributed by atoms with van der Waals surface area (Å²) in [6.45, 7) is 4.49. The molecule has 1 N–H and O–H groups in total. The molecule has 0 bridgehead atoms. The van der Waals surface area contributed by atoms with Gasteiger partial charge in [-0.05, 0) is 30.4 Å². The van der Waals surface area contributed by atoms with Gasteiger partial charge in [0, 0.05) is 6.04 Å². The van der Waals surface area contributed by atoms with Crippen LogP contribution in [0.1, 0.15) is 43.6 Å². The predicted octanol–water partition coefficient (Wildman–Crippen LogP) is 3.18. The Morgan fingerprint density at radius 1 is 1.19 bits per heavy atom. The Balaban J connectivity index is 1.77. The fraction of sp³-hybridized carbons (Fsp3) is 0.471. The first-order valence-corrected chi connectivity index (χ1v) is 7.68. The average Bonchev–Trinajstić information content (AvgIpc) is 2.51. The zero-order chi connectivity index (χ0) is 14.8. The molecule has 1 heterocycles. The summed E-state index contributed by atoms with van der Waals surface area (Å²) in [4.78, 5) is 21.1. The van der Waals surface area contributed by atoms with Gasteiger partial charge in [-0.1, -0.05) is 38.8 Å². The summed E-state index contributed by atoms with van der Waals surface area (Å²) in [6.07, 6.45) is 5.05. The largest absolute Gasteiger partial charge is 0.348 e. The Labute approximate surface area is 125 Å². The van der Waals surface area contributed by atoms with Crippen molar-refractivity contribution in [3.05, 3.63) is 36.2 Å². The van der Waals surface area contributed by atoms with Gasteiger partial charge >= 0.3 is 0 Å². The van der Waals surface area contributed by atoms with Gasteiger partial charge in [0.2, 0.25) is 0 Å². The van der Waals surface area contributed by atoms with E-state index in [4.69, 9.17) is 0 Å². The van der Waals surface area contributed by atoms with Gasteiger partial charge in [-0.3, -0.25) is 9.78 Å². The van der Waals surface area contributed by atoms with Crippen molar-refractivity contribution in [1.82, 2.24) is 15.3 Å². The quantitative estimate of drug-likeness (QED) is 0.921. The van der Waals surface area contributed by atoms with Crippen molar-refractivity contribution in [2.45, 2.75) is 39.2 Å². The van der Waals surface area contributed by atoms with E-state index in [1.807, 2.05) is 24.3 Å². The number of carbonyl (C=O) groups is 1. The molecule has 1 saturated carbocycles.